The Morgan fingerprint density at radius 1 is 0.677 bits per heavy atom. The maximum atomic E-state index is 14.0. The molecule has 4 aromatic carbocycles. The van der Waals surface area contributed by atoms with Crippen LogP contribution in [0.2, 0.25) is 0 Å². The molecule has 7 aromatic rings. The van der Waals surface area contributed by atoms with Gasteiger partial charge in [-0.25, -0.2) is 13.6 Å². The fourth-order valence-corrected chi connectivity index (χ4v) is 11.7. The van der Waals surface area contributed by atoms with Crippen molar-refractivity contribution >= 4 is 174 Å². The van der Waals surface area contributed by atoms with E-state index in [2.05, 4.69) is 61.4 Å². The summed E-state index contributed by atoms with van der Waals surface area (Å²) in [6, 6.07) is 23.9. The van der Waals surface area contributed by atoms with Crippen LogP contribution in [-0.2, 0) is 50.5 Å². The number of nitriles is 1. The van der Waals surface area contributed by atoms with Crippen LogP contribution >= 0.6 is 34.4 Å². The molecule has 484 valence electrons. The third-order valence-corrected chi connectivity index (χ3v) is 15.9. The third kappa shape index (κ3) is 21.7. The molecule has 28 nitrogen and oxygen atoms in total. The molecule has 3 heterocycles. The number of thioether (sulfide) groups is 1. The Morgan fingerprint density at radius 2 is 1.13 bits per heavy atom. The average Bonchev–Trinajstić information content (AvgIpc) is 1.69. The number of nitrogens with one attached hydrogen (secondary N) is 4. The van der Waals surface area contributed by atoms with Crippen molar-refractivity contribution < 1.29 is 66.2 Å². The van der Waals surface area contributed by atoms with E-state index < -0.39 is 87.3 Å². The zero-order valence-corrected chi connectivity index (χ0v) is 54.7. The maximum absolute atomic E-state index is 14.0. The molecule has 0 aliphatic carbocycles. The highest BCUT2D eigenvalue weighted by Crippen LogP contribution is 2.44. The lowest BCUT2D eigenvalue weighted by molar-refractivity contribution is -0.120. The van der Waals surface area contributed by atoms with Gasteiger partial charge in [0, 0.05) is 53.8 Å². The number of carbonyl (C=O) groups excluding carboxylic acids is 4. The lowest BCUT2D eigenvalue weighted by atomic mass is 10.1. The Labute approximate surface area is 546 Å². The standard InChI is InChI=1S/C57H53F2N15O7S4.2O3S/c1-9-73(10-2)38-20-22-44(69-71-53-43(31-60)50(85(79,80)81)49(84-53)30-42(33(7)76)52(78)63-37-19-15-17-35(59)25-37)46(26-38)64-55-66-56(68-57(67-55)82-13-5)65-47-27-39(74(11-3)12-4)21-23-45(47)70-72-54-48(61-8)29-40(83-54)28-41(32(6)75)51(77)62-36-18-14-16-34(58)24-36;2*1-4(2)3/h14-30H,9-13H2,1-7H3,(H,62,77)(H,63,78)(H,79,80,81)(H2,64,65,66,67,68);;/b41-28+,42-30-,71-69?,72-70?;;. The zero-order chi connectivity index (χ0) is 68.7. The minimum absolute atomic E-state index is 0.00237. The van der Waals surface area contributed by atoms with E-state index in [4.69, 9.17) is 41.8 Å². The van der Waals surface area contributed by atoms with Crippen molar-refractivity contribution in [2.45, 2.75) is 58.5 Å². The van der Waals surface area contributed by atoms with E-state index >= 15 is 0 Å². The summed E-state index contributed by atoms with van der Waals surface area (Å²) in [5.41, 5.74) is 1.47. The smallest absolute Gasteiger partial charge is 0.372 e. The van der Waals surface area contributed by atoms with Crippen LogP contribution in [0.5, 0.6) is 0 Å². The normalized spacial score (nSPS) is 11.3. The molecule has 3 aromatic heterocycles. The van der Waals surface area contributed by atoms with Crippen molar-refractivity contribution in [3.05, 3.63) is 141 Å². The van der Waals surface area contributed by atoms with Gasteiger partial charge in [-0.2, -0.15) is 33.7 Å². The first-order valence-electron chi connectivity index (χ1n) is 26.9. The lowest BCUT2D eigenvalue weighted by Gasteiger charge is -2.22. The van der Waals surface area contributed by atoms with Crippen molar-refractivity contribution in [2.75, 3.05) is 63.0 Å². The number of hydrogen-bond donors (Lipinski definition) is 5. The first-order chi connectivity index (χ1) is 44.1. The molecule has 0 unspecified atom stereocenters. The van der Waals surface area contributed by atoms with Gasteiger partial charge in [-0.05, 0) is 138 Å². The summed E-state index contributed by atoms with van der Waals surface area (Å²) in [5, 5.41) is 39.6. The molecule has 0 atom stereocenters. The van der Waals surface area contributed by atoms with Crippen molar-refractivity contribution in [2.24, 2.45) is 20.5 Å². The van der Waals surface area contributed by atoms with Crippen LogP contribution in [0.1, 0.15) is 63.8 Å². The summed E-state index contributed by atoms with van der Waals surface area (Å²) in [6.07, 6.45) is 2.22. The van der Waals surface area contributed by atoms with Crippen LogP contribution in [0.25, 0.3) is 17.0 Å². The Bertz CT molecular complexity index is 4520. The molecule has 0 spiro atoms. The number of Topliss-reactive ketones (excluding diaryl/α,β-unsaturated/α-hetero) is 2. The molecular formula is C57H53F2N15O13S6. The van der Waals surface area contributed by atoms with Gasteiger partial charge < -0.3 is 31.1 Å². The van der Waals surface area contributed by atoms with Crippen LogP contribution in [-0.4, -0.2) is 108 Å². The Morgan fingerprint density at radius 3 is 1.53 bits per heavy atom. The van der Waals surface area contributed by atoms with Gasteiger partial charge in [0.25, 0.3) is 21.9 Å². The predicted octanol–water partition coefficient (Wildman–Crippen LogP) is 12.3. The van der Waals surface area contributed by atoms with Crippen LogP contribution in [0.4, 0.5) is 81.9 Å². The molecule has 0 fully saturated rings. The summed E-state index contributed by atoms with van der Waals surface area (Å²) in [5.74, 6) is -3.79. The second-order valence-electron chi connectivity index (χ2n) is 18.2. The van der Waals surface area contributed by atoms with Crippen molar-refractivity contribution in [3.8, 4) is 6.07 Å². The fraction of sp³-hybridized carbons (Fsp3) is 0.211. The molecule has 0 saturated carbocycles. The highest BCUT2D eigenvalue weighted by atomic mass is 32.2. The van der Waals surface area contributed by atoms with E-state index in [1.54, 1.807) is 30.3 Å². The van der Waals surface area contributed by atoms with Crippen LogP contribution in [0.15, 0.2) is 133 Å². The summed E-state index contributed by atoms with van der Waals surface area (Å²) >= 11 is 2.87. The SMILES string of the molecule is O=S(=O)=O.O=S(=O)=O.[C-]#[N+]c1cc(/C=C(\C(C)=O)C(=O)Nc2cccc(F)c2)sc1N=Nc1ccc(N(CC)CC)cc1Nc1nc(Nc2cc(N(CC)CC)ccc2N=Nc2sc(/C=C(/C(C)=O)C(=O)Nc3cccc(F)c3)c(S(=O)(=O)O)c2C#N)nc(SCC)n1. The molecule has 36 heteroatoms. The number of amides is 2. The molecule has 7 rings (SSSR count). The third-order valence-electron chi connectivity index (χ3n) is 12.1. The van der Waals surface area contributed by atoms with E-state index in [1.165, 1.54) is 61.2 Å². The molecular weight excluding hydrogens is 1330 g/mol. The minimum atomic E-state index is -5.21. The number of ketones is 2. The van der Waals surface area contributed by atoms with Gasteiger partial charge in [0.05, 0.1) is 34.0 Å². The molecule has 93 heavy (non-hydrogen) atoms. The molecule has 0 saturated heterocycles. The number of aromatic nitrogens is 3. The van der Waals surface area contributed by atoms with Gasteiger partial charge in [0.1, 0.15) is 44.5 Å². The highest BCUT2D eigenvalue weighted by molar-refractivity contribution is 7.99. The molecule has 0 aliphatic rings. The van der Waals surface area contributed by atoms with Gasteiger partial charge in [-0.1, -0.05) is 30.8 Å². The predicted molar refractivity (Wildman–Crippen MR) is 347 cm³/mol. The largest absolute Gasteiger partial charge is 0.425 e. The number of benzene rings is 4. The second-order valence-corrected chi connectivity index (χ2v) is 23.7. The van der Waals surface area contributed by atoms with Crippen LogP contribution in [0.3, 0.4) is 0 Å². The van der Waals surface area contributed by atoms with Gasteiger partial charge in [-0.15, -0.1) is 63.3 Å². The summed E-state index contributed by atoms with van der Waals surface area (Å²) in [6.45, 7) is 22.6. The van der Waals surface area contributed by atoms with E-state index in [9.17, 15) is 46.2 Å². The lowest BCUT2D eigenvalue weighted by Crippen LogP contribution is -2.21. The van der Waals surface area contributed by atoms with Crippen molar-refractivity contribution in [1.82, 2.24) is 15.0 Å². The van der Waals surface area contributed by atoms with E-state index in [0.29, 0.717) is 64.7 Å². The topological polar surface area (TPSA) is 396 Å². The molecule has 0 radical (unpaired) electrons. The quantitative estimate of drug-likeness (QED) is 0.00675. The summed E-state index contributed by atoms with van der Waals surface area (Å²) < 4.78 is 115. The first-order valence-corrected chi connectivity index (χ1v) is 32.9. The number of halogens is 2. The van der Waals surface area contributed by atoms with Crippen molar-refractivity contribution in [1.29, 1.82) is 5.26 Å². The number of nitrogens with zero attached hydrogens (tertiary/aromatic N) is 11. The minimum Gasteiger partial charge on any atom is -0.372 e. The number of azo groups is 2. The molecule has 0 aliphatic heterocycles. The van der Waals surface area contributed by atoms with Gasteiger partial charge >= 0.3 is 21.2 Å². The summed E-state index contributed by atoms with van der Waals surface area (Å²) in [7, 11) is -11.4. The van der Waals surface area contributed by atoms with E-state index in [-0.39, 0.29) is 55.9 Å². The van der Waals surface area contributed by atoms with Crippen molar-refractivity contribution in [3.63, 3.8) is 0 Å². The van der Waals surface area contributed by atoms with Gasteiger partial charge in [-0.3, -0.25) is 23.7 Å². The fourth-order valence-electron chi connectivity index (χ4n) is 8.11. The van der Waals surface area contributed by atoms with Gasteiger partial charge in [0.15, 0.2) is 21.7 Å². The number of hydrogen-bond acceptors (Lipinski definition) is 27. The van der Waals surface area contributed by atoms with Crippen LogP contribution in [0, 0.1) is 29.5 Å². The zero-order valence-electron chi connectivity index (χ0n) is 49.8. The maximum Gasteiger partial charge on any atom is 0.425 e. The van der Waals surface area contributed by atoms with Gasteiger partial charge in [0.2, 0.25) is 17.6 Å². The molecule has 2 amide bonds. The molecule has 0 bridgehead atoms. The number of thiophene rings is 2. The average molecular weight is 1390 g/mol. The number of carbonyl (C=O) groups is 4. The molecule has 5 N–H and O–H groups in total. The monoisotopic (exact) mass is 1390 g/mol. The van der Waals surface area contributed by atoms with E-state index in [1.807, 2.05) is 46.8 Å². The second kappa shape index (κ2) is 34.8. The summed E-state index contributed by atoms with van der Waals surface area (Å²) in [4.78, 5) is 73.0. The number of rotatable bonds is 25. The Hall–Kier alpha value is -10.2. The highest BCUT2D eigenvalue weighted by Gasteiger charge is 2.29. The van der Waals surface area contributed by atoms with E-state index in [0.717, 1.165) is 53.9 Å². The van der Waals surface area contributed by atoms with Crippen LogP contribution < -0.4 is 31.1 Å². The Kier molecular flexibility index (Phi) is 27.5. The number of anilines is 8. The first kappa shape index (κ1) is 73.5. The Balaban J connectivity index is 0.00000185.